The molecule has 0 fully saturated rings. The van der Waals surface area contributed by atoms with E-state index in [2.05, 4.69) is 10.6 Å². The highest BCUT2D eigenvalue weighted by Gasteiger charge is 2.29. The second kappa shape index (κ2) is 4.78. The highest BCUT2D eigenvalue weighted by Crippen LogP contribution is 2.26. The molecule has 0 aromatic heterocycles. The number of hydrogen-bond acceptors (Lipinski definition) is 2. The summed E-state index contributed by atoms with van der Waals surface area (Å²) in [5.74, 6) is -0.944. The van der Waals surface area contributed by atoms with Gasteiger partial charge in [-0.3, -0.25) is 0 Å². The number of aryl methyl sites for hydroxylation is 1. The van der Waals surface area contributed by atoms with Gasteiger partial charge in [-0.15, -0.1) is 0 Å². The third-order valence-electron chi connectivity index (χ3n) is 2.91. The van der Waals surface area contributed by atoms with E-state index in [1.54, 1.807) is 6.92 Å². The van der Waals surface area contributed by atoms with E-state index in [4.69, 9.17) is 12.2 Å². The van der Waals surface area contributed by atoms with Crippen molar-refractivity contribution in [2.45, 2.75) is 19.9 Å². The minimum atomic E-state index is -0.944. The highest BCUT2D eigenvalue weighted by atomic mass is 32.1. The standard InChI is InChI=1S/C13H14N2O2S/c1-7-3-5-9(6-4-7)11-10(12(16)17)8(2)14-13(18)15-11/h3-6,11H,1-2H3,(H,16,17)(H2,14,15,18). The third kappa shape index (κ3) is 2.36. The SMILES string of the molecule is CC1=C(C(=O)O)C(c2ccc(C)cc2)NC(=S)N1. The van der Waals surface area contributed by atoms with Crippen LogP contribution in [0.1, 0.15) is 24.1 Å². The minimum absolute atomic E-state index is 0.299. The second-order valence-corrected chi connectivity index (χ2v) is 4.69. The number of hydrogen-bond donors (Lipinski definition) is 3. The predicted octanol–water partition coefficient (Wildman–Crippen LogP) is 1.87. The molecule has 94 valence electrons. The zero-order chi connectivity index (χ0) is 13.3. The van der Waals surface area contributed by atoms with Gasteiger partial charge in [0.05, 0.1) is 11.6 Å². The Morgan fingerprint density at radius 1 is 1.28 bits per heavy atom. The molecule has 1 unspecified atom stereocenters. The Morgan fingerprint density at radius 3 is 2.44 bits per heavy atom. The van der Waals surface area contributed by atoms with Gasteiger partial charge in [0.15, 0.2) is 5.11 Å². The van der Waals surface area contributed by atoms with Gasteiger partial charge < -0.3 is 15.7 Å². The Kier molecular flexibility index (Phi) is 3.34. The van der Waals surface area contributed by atoms with Crippen molar-refractivity contribution < 1.29 is 9.90 Å². The van der Waals surface area contributed by atoms with Crippen LogP contribution in [0.25, 0.3) is 0 Å². The van der Waals surface area contributed by atoms with Crippen molar-refractivity contribution >= 4 is 23.3 Å². The Morgan fingerprint density at radius 2 is 1.89 bits per heavy atom. The summed E-state index contributed by atoms with van der Waals surface area (Å²) >= 11 is 5.08. The van der Waals surface area contributed by atoms with Gasteiger partial charge in [0.25, 0.3) is 0 Å². The van der Waals surface area contributed by atoms with Crippen LogP contribution in [0, 0.1) is 6.92 Å². The molecule has 0 saturated carbocycles. The summed E-state index contributed by atoms with van der Waals surface area (Å²) in [6.45, 7) is 3.71. The summed E-state index contributed by atoms with van der Waals surface area (Å²) in [5.41, 5.74) is 2.90. The number of rotatable bonds is 2. The lowest BCUT2D eigenvalue weighted by Crippen LogP contribution is -2.44. The van der Waals surface area contributed by atoms with Gasteiger partial charge in [-0.2, -0.15) is 0 Å². The van der Waals surface area contributed by atoms with E-state index in [1.165, 1.54) is 0 Å². The zero-order valence-electron chi connectivity index (χ0n) is 10.2. The maximum absolute atomic E-state index is 11.3. The van der Waals surface area contributed by atoms with Crippen molar-refractivity contribution in [2.75, 3.05) is 0 Å². The maximum atomic E-state index is 11.3. The Bertz CT molecular complexity index is 534. The fourth-order valence-corrected chi connectivity index (χ4v) is 2.26. The predicted molar refractivity (Wildman–Crippen MR) is 73.1 cm³/mol. The van der Waals surface area contributed by atoms with Crippen LogP contribution in [0.5, 0.6) is 0 Å². The molecule has 4 nitrogen and oxygen atoms in total. The summed E-state index contributed by atoms with van der Waals surface area (Å²) in [6.07, 6.45) is 0. The van der Waals surface area contributed by atoms with Crippen LogP contribution in [-0.4, -0.2) is 16.2 Å². The molecular formula is C13H14N2O2S. The maximum Gasteiger partial charge on any atom is 0.335 e. The molecule has 18 heavy (non-hydrogen) atoms. The molecule has 1 heterocycles. The molecule has 1 aliphatic rings. The summed E-state index contributed by atoms with van der Waals surface area (Å²) in [6, 6.07) is 7.33. The molecule has 1 aromatic rings. The lowest BCUT2D eigenvalue weighted by Gasteiger charge is -2.28. The monoisotopic (exact) mass is 262 g/mol. The lowest BCUT2D eigenvalue weighted by atomic mass is 9.95. The van der Waals surface area contributed by atoms with Gasteiger partial charge in [-0.05, 0) is 31.6 Å². The van der Waals surface area contributed by atoms with Crippen LogP contribution in [0.4, 0.5) is 0 Å². The first-order valence-corrected chi connectivity index (χ1v) is 5.98. The first-order valence-electron chi connectivity index (χ1n) is 5.57. The van der Waals surface area contributed by atoms with E-state index < -0.39 is 12.0 Å². The van der Waals surface area contributed by atoms with E-state index in [9.17, 15) is 9.90 Å². The number of nitrogens with one attached hydrogen (secondary N) is 2. The first kappa shape index (κ1) is 12.6. The van der Waals surface area contributed by atoms with Crippen LogP contribution in [-0.2, 0) is 4.79 Å². The van der Waals surface area contributed by atoms with Crippen LogP contribution in [0.2, 0.25) is 0 Å². The van der Waals surface area contributed by atoms with Gasteiger partial charge in [0.1, 0.15) is 0 Å². The molecule has 0 aliphatic carbocycles. The van der Waals surface area contributed by atoms with Crippen molar-refractivity contribution in [3.05, 3.63) is 46.7 Å². The number of benzene rings is 1. The molecular weight excluding hydrogens is 248 g/mol. The zero-order valence-corrected chi connectivity index (χ0v) is 11.0. The molecule has 1 aliphatic heterocycles. The smallest absolute Gasteiger partial charge is 0.335 e. The first-order chi connectivity index (χ1) is 8.49. The van der Waals surface area contributed by atoms with Crippen molar-refractivity contribution in [3.63, 3.8) is 0 Å². The van der Waals surface area contributed by atoms with Gasteiger partial charge in [-0.1, -0.05) is 29.8 Å². The Balaban J connectivity index is 2.46. The van der Waals surface area contributed by atoms with E-state index in [0.29, 0.717) is 16.4 Å². The molecule has 1 aromatic carbocycles. The van der Waals surface area contributed by atoms with E-state index >= 15 is 0 Å². The molecule has 0 amide bonds. The van der Waals surface area contributed by atoms with E-state index in [1.807, 2.05) is 31.2 Å². The molecule has 0 radical (unpaired) electrons. The van der Waals surface area contributed by atoms with Crippen LogP contribution in [0.15, 0.2) is 35.5 Å². The minimum Gasteiger partial charge on any atom is -0.478 e. The topological polar surface area (TPSA) is 61.4 Å². The number of carboxylic acids is 1. The fourth-order valence-electron chi connectivity index (χ4n) is 1.99. The number of allylic oxidation sites excluding steroid dienone is 1. The fraction of sp³-hybridized carbons (Fsp3) is 0.231. The lowest BCUT2D eigenvalue weighted by molar-refractivity contribution is -0.133. The van der Waals surface area contributed by atoms with Gasteiger partial charge >= 0.3 is 5.97 Å². The Labute approximate surface area is 111 Å². The van der Waals surface area contributed by atoms with Crippen molar-refractivity contribution in [3.8, 4) is 0 Å². The average Bonchev–Trinajstić information content (AvgIpc) is 2.28. The molecule has 3 N–H and O–H groups in total. The summed E-state index contributed by atoms with van der Waals surface area (Å²) in [7, 11) is 0. The molecule has 1 atom stereocenters. The van der Waals surface area contributed by atoms with Crippen LogP contribution in [0.3, 0.4) is 0 Å². The number of carbonyl (C=O) groups is 1. The van der Waals surface area contributed by atoms with E-state index in [-0.39, 0.29) is 0 Å². The van der Waals surface area contributed by atoms with Crippen molar-refractivity contribution in [1.82, 2.24) is 10.6 Å². The second-order valence-electron chi connectivity index (χ2n) is 4.29. The van der Waals surface area contributed by atoms with Crippen molar-refractivity contribution in [2.24, 2.45) is 0 Å². The van der Waals surface area contributed by atoms with Crippen LogP contribution < -0.4 is 10.6 Å². The summed E-state index contributed by atoms with van der Waals surface area (Å²) in [4.78, 5) is 11.3. The molecule has 0 saturated heterocycles. The quantitative estimate of drug-likeness (QED) is 0.710. The van der Waals surface area contributed by atoms with Gasteiger partial charge in [0, 0.05) is 5.70 Å². The number of aliphatic carboxylic acids is 1. The Hall–Kier alpha value is -1.88. The molecule has 0 bridgehead atoms. The largest absolute Gasteiger partial charge is 0.478 e. The normalized spacial score (nSPS) is 19.2. The summed E-state index contributed by atoms with van der Waals surface area (Å²) in [5, 5.41) is 15.6. The van der Waals surface area contributed by atoms with Crippen molar-refractivity contribution in [1.29, 1.82) is 0 Å². The third-order valence-corrected chi connectivity index (χ3v) is 3.13. The average molecular weight is 262 g/mol. The van der Waals surface area contributed by atoms with Gasteiger partial charge in [0.2, 0.25) is 0 Å². The van der Waals surface area contributed by atoms with E-state index in [0.717, 1.165) is 11.1 Å². The van der Waals surface area contributed by atoms with Crippen LogP contribution >= 0.6 is 12.2 Å². The number of thiocarbonyl (C=S) groups is 1. The van der Waals surface area contributed by atoms with Gasteiger partial charge in [-0.25, -0.2) is 4.79 Å². The number of carboxylic acid groups (broad SMARTS) is 1. The highest BCUT2D eigenvalue weighted by molar-refractivity contribution is 7.80. The molecule has 5 heteroatoms. The molecule has 2 rings (SSSR count). The molecule has 0 spiro atoms. The summed E-state index contributed by atoms with van der Waals surface area (Å²) < 4.78 is 0.